The zero-order chi connectivity index (χ0) is 26.2. The Morgan fingerprint density at radius 1 is 0.865 bits per heavy atom. The van der Waals surface area contributed by atoms with Crippen molar-refractivity contribution in [3.63, 3.8) is 0 Å². The Kier molecular flexibility index (Phi) is 9.49. The predicted molar refractivity (Wildman–Crippen MR) is 154 cm³/mol. The number of ether oxygens (including phenoxy) is 4. The Labute approximate surface area is 234 Å². The molecule has 0 unspecified atom stereocenters. The third kappa shape index (κ3) is 7.28. The Hall–Kier alpha value is -3.01. The first-order valence-electron chi connectivity index (χ1n) is 11.7. The SMILES string of the molecule is CCOc1cc(COc2c(Br)cc(/C=C3/SC(=S)NC3=O)cc2OCC)ccc1OCc1ccccc1. The van der Waals surface area contributed by atoms with Crippen LogP contribution >= 0.6 is 39.9 Å². The molecule has 1 aliphatic heterocycles. The lowest BCUT2D eigenvalue weighted by molar-refractivity contribution is -0.115. The first kappa shape index (κ1) is 27.0. The van der Waals surface area contributed by atoms with Gasteiger partial charge in [0.15, 0.2) is 23.0 Å². The van der Waals surface area contributed by atoms with Gasteiger partial charge in [-0.25, -0.2) is 0 Å². The van der Waals surface area contributed by atoms with E-state index in [1.54, 1.807) is 6.08 Å². The van der Waals surface area contributed by atoms with Gasteiger partial charge in [0, 0.05) is 0 Å². The Balaban J connectivity index is 1.50. The summed E-state index contributed by atoms with van der Waals surface area (Å²) < 4.78 is 25.0. The maximum atomic E-state index is 12.0. The predicted octanol–water partition coefficient (Wildman–Crippen LogP) is 6.89. The monoisotopic (exact) mass is 599 g/mol. The lowest BCUT2D eigenvalue weighted by atomic mass is 10.1. The first-order valence-corrected chi connectivity index (χ1v) is 13.7. The maximum Gasteiger partial charge on any atom is 0.263 e. The van der Waals surface area contributed by atoms with Gasteiger partial charge >= 0.3 is 0 Å². The molecule has 0 spiro atoms. The highest BCUT2D eigenvalue weighted by molar-refractivity contribution is 9.10. The normalized spacial score (nSPS) is 14.0. The fraction of sp³-hybridized carbons (Fsp3) is 0.214. The number of thiocarbonyl (C=S) groups is 1. The van der Waals surface area contributed by atoms with Gasteiger partial charge < -0.3 is 24.3 Å². The zero-order valence-electron chi connectivity index (χ0n) is 20.4. The molecule has 1 N–H and O–H groups in total. The zero-order valence-corrected chi connectivity index (χ0v) is 23.6. The summed E-state index contributed by atoms with van der Waals surface area (Å²) in [6, 6.07) is 19.5. The highest BCUT2D eigenvalue weighted by Crippen LogP contribution is 2.39. The van der Waals surface area contributed by atoms with Gasteiger partial charge in [-0.2, -0.15) is 0 Å². The minimum atomic E-state index is -0.203. The molecular weight excluding hydrogens is 574 g/mol. The molecule has 1 saturated heterocycles. The lowest BCUT2D eigenvalue weighted by Crippen LogP contribution is -2.17. The number of amides is 1. The van der Waals surface area contributed by atoms with E-state index in [9.17, 15) is 4.79 Å². The van der Waals surface area contributed by atoms with Crippen LogP contribution < -0.4 is 24.3 Å². The van der Waals surface area contributed by atoms with E-state index < -0.39 is 0 Å². The van der Waals surface area contributed by atoms with Crippen LogP contribution in [-0.2, 0) is 18.0 Å². The van der Waals surface area contributed by atoms with Crippen molar-refractivity contribution in [1.82, 2.24) is 5.32 Å². The third-order valence-corrected chi connectivity index (χ3v) is 6.95. The van der Waals surface area contributed by atoms with Gasteiger partial charge in [-0.05, 0) is 76.8 Å². The van der Waals surface area contributed by atoms with Crippen molar-refractivity contribution in [1.29, 1.82) is 0 Å². The molecule has 37 heavy (non-hydrogen) atoms. The second kappa shape index (κ2) is 13.0. The van der Waals surface area contributed by atoms with Crippen molar-refractivity contribution in [2.75, 3.05) is 13.2 Å². The van der Waals surface area contributed by atoms with Crippen LogP contribution in [0.3, 0.4) is 0 Å². The van der Waals surface area contributed by atoms with Crippen LogP contribution in [0.4, 0.5) is 0 Å². The summed E-state index contributed by atoms with van der Waals surface area (Å²) in [4.78, 5) is 12.6. The molecule has 0 aliphatic carbocycles. The molecule has 1 aliphatic rings. The third-order valence-electron chi connectivity index (χ3n) is 5.20. The number of hydrogen-bond donors (Lipinski definition) is 1. The summed E-state index contributed by atoms with van der Waals surface area (Å²) in [6.07, 6.45) is 1.78. The molecule has 3 aromatic carbocycles. The molecule has 192 valence electrons. The number of nitrogens with one attached hydrogen (secondary N) is 1. The quantitative estimate of drug-likeness (QED) is 0.190. The van der Waals surface area contributed by atoms with Gasteiger partial charge in [-0.1, -0.05) is 60.4 Å². The van der Waals surface area contributed by atoms with Gasteiger partial charge in [-0.3, -0.25) is 4.79 Å². The summed E-state index contributed by atoms with van der Waals surface area (Å²) in [6.45, 7) is 5.58. The van der Waals surface area contributed by atoms with E-state index in [1.807, 2.05) is 74.5 Å². The molecular formula is C28H26BrNO5S2. The Morgan fingerprint density at radius 3 is 2.30 bits per heavy atom. The van der Waals surface area contributed by atoms with E-state index in [0.717, 1.165) is 16.7 Å². The van der Waals surface area contributed by atoms with E-state index >= 15 is 0 Å². The number of carbonyl (C=O) groups is 1. The van der Waals surface area contributed by atoms with Crippen molar-refractivity contribution in [2.45, 2.75) is 27.1 Å². The smallest absolute Gasteiger partial charge is 0.263 e. The minimum Gasteiger partial charge on any atom is -0.490 e. The van der Waals surface area contributed by atoms with Crippen LogP contribution in [0.15, 0.2) is 70.0 Å². The van der Waals surface area contributed by atoms with Gasteiger partial charge in [0.2, 0.25) is 0 Å². The van der Waals surface area contributed by atoms with E-state index in [-0.39, 0.29) is 5.91 Å². The van der Waals surface area contributed by atoms with Crippen LogP contribution in [-0.4, -0.2) is 23.4 Å². The molecule has 0 radical (unpaired) electrons. The number of hydrogen-bond acceptors (Lipinski definition) is 7. The lowest BCUT2D eigenvalue weighted by Gasteiger charge is -2.16. The average Bonchev–Trinajstić information content (AvgIpc) is 3.20. The molecule has 0 bridgehead atoms. The number of carbonyl (C=O) groups excluding carboxylic acids is 1. The summed E-state index contributed by atoms with van der Waals surface area (Å²) in [7, 11) is 0. The molecule has 1 fully saturated rings. The molecule has 1 amide bonds. The molecule has 4 rings (SSSR count). The van der Waals surface area contributed by atoms with Crippen molar-refractivity contribution >= 4 is 56.2 Å². The van der Waals surface area contributed by atoms with Crippen molar-refractivity contribution in [3.8, 4) is 23.0 Å². The Bertz CT molecular complexity index is 1310. The Morgan fingerprint density at radius 2 is 1.59 bits per heavy atom. The van der Waals surface area contributed by atoms with E-state index in [0.29, 0.717) is 63.1 Å². The molecule has 0 saturated carbocycles. The summed E-state index contributed by atoms with van der Waals surface area (Å²) in [5.41, 5.74) is 2.80. The highest BCUT2D eigenvalue weighted by atomic mass is 79.9. The van der Waals surface area contributed by atoms with Gasteiger partial charge in [0.25, 0.3) is 5.91 Å². The molecule has 6 nitrogen and oxygen atoms in total. The van der Waals surface area contributed by atoms with Crippen molar-refractivity contribution < 1.29 is 23.7 Å². The van der Waals surface area contributed by atoms with Crippen molar-refractivity contribution in [2.24, 2.45) is 0 Å². The number of thioether (sulfide) groups is 1. The summed E-state index contributed by atoms with van der Waals surface area (Å²) in [5.74, 6) is 2.28. The van der Waals surface area contributed by atoms with E-state index in [1.165, 1.54) is 11.8 Å². The summed E-state index contributed by atoms with van der Waals surface area (Å²) >= 11 is 9.91. The number of rotatable bonds is 11. The van der Waals surface area contributed by atoms with Crippen molar-refractivity contribution in [3.05, 3.63) is 86.7 Å². The topological polar surface area (TPSA) is 66.0 Å². The van der Waals surface area contributed by atoms with Crippen LogP contribution in [0.1, 0.15) is 30.5 Å². The van der Waals surface area contributed by atoms with Crippen LogP contribution in [0, 0.1) is 0 Å². The van der Waals surface area contributed by atoms with Gasteiger partial charge in [-0.15, -0.1) is 0 Å². The first-order chi connectivity index (χ1) is 18.0. The standard InChI is InChI=1S/C28H26BrNO5S2/c1-3-32-23-13-19(10-11-22(23)34-16-18-8-6-5-7-9-18)17-35-26-21(29)12-20(14-24(26)33-4-2)15-25-27(31)30-28(36)37-25/h5-15H,3-4,16-17H2,1-2H3,(H,30,31,36)/b25-15+. The minimum absolute atomic E-state index is 0.203. The highest BCUT2D eigenvalue weighted by Gasteiger charge is 2.22. The molecule has 9 heteroatoms. The van der Waals surface area contributed by atoms with Gasteiger partial charge in [0.05, 0.1) is 22.6 Å². The second-order valence-electron chi connectivity index (χ2n) is 7.89. The fourth-order valence-electron chi connectivity index (χ4n) is 3.57. The van der Waals surface area contributed by atoms with Crippen LogP contribution in [0.2, 0.25) is 0 Å². The van der Waals surface area contributed by atoms with Crippen LogP contribution in [0.25, 0.3) is 6.08 Å². The average molecular weight is 601 g/mol. The maximum absolute atomic E-state index is 12.0. The molecule has 3 aromatic rings. The van der Waals surface area contributed by atoms with Gasteiger partial charge in [0.1, 0.15) is 17.5 Å². The molecule has 0 aromatic heterocycles. The number of halogens is 1. The van der Waals surface area contributed by atoms with Crippen LogP contribution in [0.5, 0.6) is 23.0 Å². The van der Waals surface area contributed by atoms with E-state index in [2.05, 4.69) is 21.2 Å². The summed E-state index contributed by atoms with van der Waals surface area (Å²) in [5, 5.41) is 2.63. The van der Waals surface area contributed by atoms with E-state index in [4.69, 9.17) is 31.2 Å². The molecule has 0 atom stereocenters. The largest absolute Gasteiger partial charge is 0.490 e. The fourth-order valence-corrected chi connectivity index (χ4v) is 5.19. The number of benzene rings is 3. The molecule has 1 heterocycles. The second-order valence-corrected chi connectivity index (χ2v) is 10.5.